The van der Waals surface area contributed by atoms with Crippen molar-refractivity contribution in [3.8, 4) is 5.69 Å². The van der Waals surface area contributed by atoms with Gasteiger partial charge in [0, 0.05) is 30.7 Å². The van der Waals surface area contributed by atoms with Crippen LogP contribution >= 0.6 is 0 Å². The van der Waals surface area contributed by atoms with E-state index in [1.54, 1.807) is 12.5 Å². The Bertz CT molecular complexity index is 816. The second-order valence-electron chi connectivity index (χ2n) is 6.48. The van der Waals surface area contributed by atoms with Gasteiger partial charge < -0.3 is 9.88 Å². The van der Waals surface area contributed by atoms with E-state index in [9.17, 15) is 13.2 Å². The van der Waals surface area contributed by atoms with Crippen molar-refractivity contribution in [1.29, 1.82) is 0 Å². The molecule has 1 aliphatic rings. The lowest BCUT2D eigenvalue weighted by atomic mass is 10.2. The molecule has 0 saturated carbocycles. The molecule has 2 aromatic rings. The standard InChI is InChI=1S/C17H22N4O3S/c1-20(11-17(22)19-15-6-9-25(23,24)12-15)10-14-2-4-16(5-3-14)21-8-7-18-13-21/h2-5,7-8,13,15H,6,9-12H2,1H3,(H,19,22). The fourth-order valence-corrected chi connectivity index (χ4v) is 4.65. The normalized spacial score (nSPS) is 19.2. The van der Waals surface area contributed by atoms with Crippen LogP contribution in [0.1, 0.15) is 12.0 Å². The topological polar surface area (TPSA) is 84.3 Å². The quantitative estimate of drug-likeness (QED) is 0.814. The fraction of sp³-hybridized carbons (Fsp3) is 0.412. The van der Waals surface area contributed by atoms with E-state index in [4.69, 9.17) is 0 Å². The number of rotatable bonds is 6. The summed E-state index contributed by atoms with van der Waals surface area (Å²) in [6.07, 6.45) is 5.87. The van der Waals surface area contributed by atoms with Gasteiger partial charge in [-0.3, -0.25) is 9.69 Å². The summed E-state index contributed by atoms with van der Waals surface area (Å²) in [6.45, 7) is 0.875. The molecule has 8 heteroatoms. The number of sulfone groups is 1. The predicted octanol–water partition coefficient (Wildman–Crippen LogP) is 0.607. The Balaban J connectivity index is 1.49. The van der Waals surface area contributed by atoms with E-state index in [1.165, 1.54) is 0 Å². The maximum atomic E-state index is 12.1. The molecule has 0 aliphatic carbocycles. The lowest BCUT2D eigenvalue weighted by molar-refractivity contribution is -0.122. The number of amides is 1. The average Bonchev–Trinajstić information content (AvgIpc) is 3.17. The number of carbonyl (C=O) groups is 1. The van der Waals surface area contributed by atoms with Gasteiger partial charge in [0.25, 0.3) is 0 Å². The first-order valence-corrected chi connectivity index (χ1v) is 9.99. The Hall–Kier alpha value is -2.19. The first-order chi connectivity index (χ1) is 11.9. The smallest absolute Gasteiger partial charge is 0.234 e. The van der Waals surface area contributed by atoms with Crippen molar-refractivity contribution in [2.45, 2.75) is 19.0 Å². The minimum absolute atomic E-state index is 0.0537. The van der Waals surface area contributed by atoms with Gasteiger partial charge in [-0.2, -0.15) is 0 Å². The molecule has 0 bridgehead atoms. The van der Waals surface area contributed by atoms with Gasteiger partial charge in [0.05, 0.1) is 24.4 Å². The molecule has 0 spiro atoms. The molecule has 1 aromatic heterocycles. The zero-order valence-corrected chi connectivity index (χ0v) is 14.9. The lowest BCUT2D eigenvalue weighted by Gasteiger charge is -2.18. The van der Waals surface area contributed by atoms with Crippen LogP contribution in [0.25, 0.3) is 5.69 Å². The molecule has 134 valence electrons. The minimum atomic E-state index is -2.98. The van der Waals surface area contributed by atoms with Crippen molar-refractivity contribution in [2.24, 2.45) is 0 Å². The van der Waals surface area contributed by atoms with Gasteiger partial charge in [0.2, 0.25) is 5.91 Å². The molecule has 7 nitrogen and oxygen atoms in total. The summed E-state index contributed by atoms with van der Waals surface area (Å²) in [5.41, 5.74) is 2.13. The molecule has 1 aromatic carbocycles. The van der Waals surface area contributed by atoms with Crippen LogP contribution in [-0.2, 0) is 21.2 Å². The number of aromatic nitrogens is 2. The molecule has 1 N–H and O–H groups in total. The van der Waals surface area contributed by atoms with Crippen LogP contribution in [0, 0.1) is 0 Å². The predicted molar refractivity (Wildman–Crippen MR) is 95.1 cm³/mol. The van der Waals surface area contributed by atoms with E-state index >= 15 is 0 Å². The number of imidazole rings is 1. The molecule has 25 heavy (non-hydrogen) atoms. The highest BCUT2D eigenvalue weighted by molar-refractivity contribution is 7.91. The van der Waals surface area contributed by atoms with Crippen LogP contribution in [0.3, 0.4) is 0 Å². The molecule has 2 heterocycles. The second kappa shape index (κ2) is 7.37. The SMILES string of the molecule is CN(CC(=O)NC1CCS(=O)(=O)C1)Cc1ccc(-n2ccnc2)cc1. The molecule has 1 amide bonds. The van der Waals surface area contributed by atoms with Crippen LogP contribution in [0.15, 0.2) is 43.0 Å². The van der Waals surface area contributed by atoms with Crippen molar-refractivity contribution < 1.29 is 13.2 Å². The van der Waals surface area contributed by atoms with Crippen molar-refractivity contribution in [3.63, 3.8) is 0 Å². The van der Waals surface area contributed by atoms with E-state index in [0.29, 0.717) is 13.0 Å². The zero-order chi connectivity index (χ0) is 17.9. The van der Waals surface area contributed by atoms with Gasteiger partial charge in [-0.25, -0.2) is 13.4 Å². The van der Waals surface area contributed by atoms with Crippen molar-refractivity contribution >= 4 is 15.7 Å². The van der Waals surface area contributed by atoms with E-state index in [-0.39, 0.29) is 30.0 Å². The highest BCUT2D eigenvalue weighted by Crippen LogP contribution is 2.12. The lowest BCUT2D eigenvalue weighted by Crippen LogP contribution is -2.41. The number of carbonyl (C=O) groups excluding carboxylic acids is 1. The largest absolute Gasteiger partial charge is 0.351 e. The highest BCUT2D eigenvalue weighted by Gasteiger charge is 2.28. The summed E-state index contributed by atoms with van der Waals surface area (Å²) in [5.74, 6) is 0.0782. The van der Waals surface area contributed by atoms with Crippen LogP contribution < -0.4 is 5.32 Å². The van der Waals surface area contributed by atoms with Gasteiger partial charge in [-0.1, -0.05) is 12.1 Å². The molecule has 1 atom stereocenters. The van der Waals surface area contributed by atoms with Gasteiger partial charge in [-0.15, -0.1) is 0 Å². The van der Waals surface area contributed by atoms with E-state index < -0.39 is 9.84 Å². The highest BCUT2D eigenvalue weighted by atomic mass is 32.2. The van der Waals surface area contributed by atoms with E-state index in [0.717, 1.165) is 11.3 Å². The molecule has 1 aliphatic heterocycles. The summed E-state index contributed by atoms with van der Waals surface area (Å²) in [6, 6.07) is 7.81. The fourth-order valence-electron chi connectivity index (χ4n) is 2.98. The Labute approximate surface area is 147 Å². The second-order valence-corrected chi connectivity index (χ2v) is 8.70. The van der Waals surface area contributed by atoms with Crippen LogP contribution in [0.5, 0.6) is 0 Å². The average molecular weight is 362 g/mol. The van der Waals surface area contributed by atoms with Gasteiger partial charge >= 0.3 is 0 Å². The summed E-state index contributed by atoms with van der Waals surface area (Å²) in [5, 5.41) is 2.81. The van der Waals surface area contributed by atoms with Crippen molar-refractivity contribution in [3.05, 3.63) is 48.5 Å². The molecular weight excluding hydrogens is 340 g/mol. The van der Waals surface area contributed by atoms with Gasteiger partial charge in [0.1, 0.15) is 0 Å². The maximum Gasteiger partial charge on any atom is 0.234 e. The van der Waals surface area contributed by atoms with Crippen LogP contribution in [0.2, 0.25) is 0 Å². The monoisotopic (exact) mass is 362 g/mol. The number of nitrogens with zero attached hydrogens (tertiary/aromatic N) is 3. The number of nitrogens with one attached hydrogen (secondary N) is 1. The molecule has 0 radical (unpaired) electrons. The van der Waals surface area contributed by atoms with Gasteiger partial charge in [-0.05, 0) is 31.2 Å². The third kappa shape index (κ3) is 4.90. The Morgan fingerprint density at radius 2 is 2.12 bits per heavy atom. The first-order valence-electron chi connectivity index (χ1n) is 8.17. The third-order valence-electron chi connectivity index (χ3n) is 4.20. The first kappa shape index (κ1) is 17.6. The van der Waals surface area contributed by atoms with Crippen molar-refractivity contribution in [1.82, 2.24) is 19.8 Å². The summed E-state index contributed by atoms with van der Waals surface area (Å²) >= 11 is 0. The summed E-state index contributed by atoms with van der Waals surface area (Å²) in [7, 11) is -1.11. The molecule has 1 unspecified atom stereocenters. The molecule has 1 saturated heterocycles. The van der Waals surface area contributed by atoms with Crippen molar-refractivity contribution in [2.75, 3.05) is 25.1 Å². The number of likely N-dealkylation sites (N-methyl/N-ethyl adjacent to an activating group) is 1. The van der Waals surface area contributed by atoms with Gasteiger partial charge in [0.15, 0.2) is 9.84 Å². The Kier molecular flexibility index (Phi) is 5.19. The zero-order valence-electron chi connectivity index (χ0n) is 14.1. The maximum absolute atomic E-state index is 12.1. The third-order valence-corrected chi connectivity index (χ3v) is 5.97. The number of hydrogen-bond acceptors (Lipinski definition) is 5. The Morgan fingerprint density at radius 3 is 2.72 bits per heavy atom. The van der Waals surface area contributed by atoms with E-state index in [1.807, 2.05) is 47.0 Å². The molecule has 1 fully saturated rings. The number of benzene rings is 1. The minimum Gasteiger partial charge on any atom is -0.351 e. The summed E-state index contributed by atoms with van der Waals surface area (Å²) < 4.78 is 24.8. The number of hydrogen-bond donors (Lipinski definition) is 1. The summed E-state index contributed by atoms with van der Waals surface area (Å²) in [4.78, 5) is 18.0. The molecular formula is C17H22N4O3S. The Morgan fingerprint density at radius 1 is 1.36 bits per heavy atom. The van der Waals surface area contributed by atoms with E-state index in [2.05, 4.69) is 10.3 Å². The van der Waals surface area contributed by atoms with Crippen LogP contribution in [-0.4, -0.2) is 59.9 Å². The molecule has 3 rings (SSSR count). The van der Waals surface area contributed by atoms with Crippen LogP contribution in [0.4, 0.5) is 0 Å².